The number of nitrogens with one attached hydrogen (secondary N) is 1. The zero-order chi connectivity index (χ0) is 5.11. The molecule has 0 atom stereocenters. The summed E-state index contributed by atoms with van der Waals surface area (Å²) < 4.78 is 0. The lowest BCUT2D eigenvalue weighted by atomic mass is 10.4. The summed E-state index contributed by atoms with van der Waals surface area (Å²) in [5, 5.41) is 0. The van der Waals surface area contributed by atoms with Gasteiger partial charge in [-0.2, -0.15) is 0 Å². The van der Waals surface area contributed by atoms with Crippen LogP contribution in [0, 0.1) is 12.3 Å². The van der Waals surface area contributed by atoms with Crippen molar-refractivity contribution in [2.45, 2.75) is 0 Å². The molecule has 1 rings (SSSR count). The Morgan fingerprint density at radius 3 is 2.86 bits per heavy atom. The minimum Gasteiger partial charge on any atom is -0.367 e. The molecule has 1 heterocycles. The molecule has 0 amide bonds. The quantitative estimate of drug-likeness (QED) is 0.458. The highest BCUT2D eigenvalue weighted by molar-refractivity contribution is 5.28. The minimum absolute atomic E-state index is 0.903. The van der Waals surface area contributed by atoms with E-state index in [1.165, 1.54) is 0 Å². The topological polar surface area (TPSA) is 15.8 Å². The Labute approximate surface area is 42.4 Å². The van der Waals surface area contributed by atoms with Crippen molar-refractivity contribution in [2.75, 3.05) is 0 Å². The fourth-order valence-corrected chi connectivity index (χ4v) is 0.414. The first-order valence-corrected chi connectivity index (χ1v) is 2.03. The number of hydrogen-bond acceptors (Lipinski definition) is 0. The maximum absolute atomic E-state index is 5.02. The van der Waals surface area contributed by atoms with Gasteiger partial charge in [0.25, 0.3) is 0 Å². The van der Waals surface area contributed by atoms with Crippen LogP contribution >= 0.6 is 0 Å². The fraction of sp³-hybridized carbons (Fsp3) is 0. The molecule has 0 saturated carbocycles. The van der Waals surface area contributed by atoms with Gasteiger partial charge in [0, 0.05) is 18.0 Å². The van der Waals surface area contributed by atoms with E-state index in [-0.39, 0.29) is 0 Å². The Kier molecular flexibility index (Phi) is 0.874. The van der Waals surface area contributed by atoms with E-state index in [0.29, 0.717) is 0 Å². The van der Waals surface area contributed by atoms with Crippen molar-refractivity contribution in [3.05, 3.63) is 24.0 Å². The first-order chi connectivity index (χ1) is 3.43. The normalized spacial score (nSPS) is 7.86. The molecule has 34 valence electrons. The van der Waals surface area contributed by atoms with Gasteiger partial charge in [-0.1, -0.05) is 5.92 Å². The van der Waals surface area contributed by atoms with Gasteiger partial charge in [-0.05, 0) is 6.07 Å². The standard InChI is InChI=1S/C6H5N/c1-2-6-3-4-7-5-6/h1,3-5,7H. The zero-order valence-corrected chi connectivity index (χ0v) is 3.81. The largest absolute Gasteiger partial charge is 0.367 e. The molecule has 0 aliphatic rings. The second-order valence-corrected chi connectivity index (χ2v) is 1.24. The van der Waals surface area contributed by atoms with Crippen molar-refractivity contribution in [3.8, 4) is 12.3 Å². The second kappa shape index (κ2) is 1.53. The average molecular weight is 91.1 g/mol. The van der Waals surface area contributed by atoms with Gasteiger partial charge in [-0.15, -0.1) is 6.42 Å². The third-order valence-corrected chi connectivity index (χ3v) is 0.765. The van der Waals surface area contributed by atoms with Gasteiger partial charge in [-0.3, -0.25) is 0 Å². The summed E-state index contributed by atoms with van der Waals surface area (Å²) in [4.78, 5) is 2.84. The lowest BCUT2D eigenvalue weighted by Crippen LogP contribution is -1.56. The van der Waals surface area contributed by atoms with E-state index in [1.54, 1.807) is 12.4 Å². The van der Waals surface area contributed by atoms with Crippen LogP contribution in [0.1, 0.15) is 5.56 Å². The maximum Gasteiger partial charge on any atom is 0.0417 e. The molecule has 0 spiro atoms. The summed E-state index contributed by atoms with van der Waals surface area (Å²) >= 11 is 0. The third kappa shape index (κ3) is 0.635. The number of hydrogen-bond donors (Lipinski definition) is 1. The predicted octanol–water partition coefficient (Wildman–Crippen LogP) is 0.996. The zero-order valence-electron chi connectivity index (χ0n) is 3.81. The van der Waals surface area contributed by atoms with Crippen molar-refractivity contribution in [2.24, 2.45) is 0 Å². The smallest absolute Gasteiger partial charge is 0.0417 e. The van der Waals surface area contributed by atoms with E-state index in [0.717, 1.165) is 5.56 Å². The van der Waals surface area contributed by atoms with E-state index in [9.17, 15) is 0 Å². The van der Waals surface area contributed by atoms with Crippen LogP contribution < -0.4 is 0 Å². The van der Waals surface area contributed by atoms with Crippen molar-refractivity contribution < 1.29 is 0 Å². The molecule has 7 heavy (non-hydrogen) atoms. The summed E-state index contributed by atoms with van der Waals surface area (Å²) in [5.41, 5.74) is 0.903. The first kappa shape index (κ1) is 4.01. The molecule has 1 heteroatoms. The fourth-order valence-electron chi connectivity index (χ4n) is 0.414. The van der Waals surface area contributed by atoms with Crippen molar-refractivity contribution >= 4 is 0 Å². The van der Waals surface area contributed by atoms with E-state index in [2.05, 4.69) is 10.9 Å². The third-order valence-electron chi connectivity index (χ3n) is 0.765. The van der Waals surface area contributed by atoms with Gasteiger partial charge in [-0.25, -0.2) is 0 Å². The van der Waals surface area contributed by atoms with Gasteiger partial charge < -0.3 is 4.98 Å². The van der Waals surface area contributed by atoms with Crippen LogP contribution in [-0.2, 0) is 0 Å². The Morgan fingerprint density at radius 2 is 2.57 bits per heavy atom. The predicted molar refractivity (Wildman–Crippen MR) is 28.7 cm³/mol. The molecular formula is C6H5N. The van der Waals surface area contributed by atoms with Gasteiger partial charge in [0.05, 0.1) is 0 Å². The number of terminal acetylenes is 1. The molecule has 1 aromatic heterocycles. The number of H-pyrrole nitrogens is 1. The van der Waals surface area contributed by atoms with Crippen LogP contribution in [0.2, 0.25) is 0 Å². The number of rotatable bonds is 0. The Hall–Kier alpha value is -1.16. The van der Waals surface area contributed by atoms with E-state index in [4.69, 9.17) is 6.42 Å². The van der Waals surface area contributed by atoms with Crippen LogP contribution in [0.15, 0.2) is 18.5 Å². The number of aromatic amines is 1. The maximum atomic E-state index is 5.02. The van der Waals surface area contributed by atoms with E-state index >= 15 is 0 Å². The Morgan fingerprint density at radius 1 is 1.71 bits per heavy atom. The molecular weight excluding hydrogens is 86.1 g/mol. The molecule has 0 aliphatic heterocycles. The van der Waals surface area contributed by atoms with Crippen LogP contribution in [-0.4, -0.2) is 4.98 Å². The molecule has 0 saturated heterocycles. The van der Waals surface area contributed by atoms with Crippen LogP contribution in [0.4, 0.5) is 0 Å². The van der Waals surface area contributed by atoms with Gasteiger partial charge in [0.1, 0.15) is 0 Å². The van der Waals surface area contributed by atoms with Crippen molar-refractivity contribution in [1.29, 1.82) is 0 Å². The minimum atomic E-state index is 0.903. The monoisotopic (exact) mass is 91.0 g/mol. The Balaban J connectivity index is 3.04. The molecule has 0 unspecified atom stereocenters. The second-order valence-electron chi connectivity index (χ2n) is 1.24. The molecule has 0 bridgehead atoms. The molecule has 0 aromatic carbocycles. The summed E-state index contributed by atoms with van der Waals surface area (Å²) in [6.45, 7) is 0. The molecule has 0 fully saturated rings. The van der Waals surface area contributed by atoms with E-state index in [1.807, 2.05) is 6.07 Å². The summed E-state index contributed by atoms with van der Waals surface area (Å²) in [6.07, 6.45) is 8.60. The average Bonchev–Trinajstić information content (AvgIpc) is 2.14. The first-order valence-electron chi connectivity index (χ1n) is 2.03. The van der Waals surface area contributed by atoms with E-state index < -0.39 is 0 Å². The highest BCUT2D eigenvalue weighted by Crippen LogP contribution is 1.89. The molecule has 1 aromatic rings. The molecule has 1 N–H and O–H groups in total. The van der Waals surface area contributed by atoms with Gasteiger partial charge in [0.2, 0.25) is 0 Å². The molecule has 0 aliphatic carbocycles. The van der Waals surface area contributed by atoms with Crippen LogP contribution in [0.3, 0.4) is 0 Å². The molecule has 0 radical (unpaired) electrons. The van der Waals surface area contributed by atoms with Gasteiger partial charge in [0.15, 0.2) is 0 Å². The Bertz CT molecular complexity index is 167. The van der Waals surface area contributed by atoms with Crippen LogP contribution in [0.5, 0.6) is 0 Å². The highest BCUT2D eigenvalue weighted by Gasteiger charge is 1.77. The lowest BCUT2D eigenvalue weighted by molar-refractivity contribution is 1.41. The number of aromatic nitrogens is 1. The highest BCUT2D eigenvalue weighted by atomic mass is 14.6. The van der Waals surface area contributed by atoms with Gasteiger partial charge >= 0.3 is 0 Å². The summed E-state index contributed by atoms with van der Waals surface area (Å²) in [5.74, 6) is 2.48. The summed E-state index contributed by atoms with van der Waals surface area (Å²) in [6, 6.07) is 1.85. The van der Waals surface area contributed by atoms with Crippen LogP contribution in [0.25, 0.3) is 0 Å². The van der Waals surface area contributed by atoms with Crippen molar-refractivity contribution in [1.82, 2.24) is 4.98 Å². The van der Waals surface area contributed by atoms with Crippen molar-refractivity contribution in [3.63, 3.8) is 0 Å². The molecule has 1 nitrogen and oxygen atoms in total. The summed E-state index contributed by atoms with van der Waals surface area (Å²) in [7, 11) is 0. The SMILES string of the molecule is C#Cc1cc[nH]c1. The lowest BCUT2D eigenvalue weighted by Gasteiger charge is -1.66.